The van der Waals surface area contributed by atoms with Crippen molar-refractivity contribution in [1.29, 1.82) is 0 Å². The van der Waals surface area contributed by atoms with Gasteiger partial charge in [-0.25, -0.2) is 4.79 Å². The van der Waals surface area contributed by atoms with Crippen LogP contribution in [-0.4, -0.2) is 43.1 Å². The largest absolute Gasteiger partial charge is 0.477 e. The van der Waals surface area contributed by atoms with Gasteiger partial charge in [0.1, 0.15) is 5.69 Å². The fraction of sp³-hybridized carbons (Fsp3) is 0.429. The van der Waals surface area contributed by atoms with Crippen LogP contribution in [0.25, 0.3) is 0 Å². The van der Waals surface area contributed by atoms with E-state index in [4.69, 9.17) is 5.11 Å². The molecule has 2 heterocycles. The van der Waals surface area contributed by atoms with E-state index in [1.54, 1.807) is 6.20 Å². The lowest BCUT2D eigenvalue weighted by Crippen LogP contribution is -2.26. The zero-order valence-electron chi connectivity index (χ0n) is 12.4. The quantitative estimate of drug-likeness (QED) is 0.698. The lowest BCUT2D eigenvalue weighted by atomic mass is 10.3. The molecule has 0 spiro atoms. The molecular weight excluding hydrogens is 286 g/mol. The highest BCUT2D eigenvalue weighted by Gasteiger charge is 2.11. The van der Waals surface area contributed by atoms with Crippen LogP contribution in [0.2, 0.25) is 0 Å². The van der Waals surface area contributed by atoms with Gasteiger partial charge in [0.2, 0.25) is 5.91 Å². The second-order valence-corrected chi connectivity index (χ2v) is 4.98. The first-order valence-electron chi connectivity index (χ1n) is 7.07. The highest BCUT2D eigenvalue weighted by atomic mass is 16.4. The molecule has 2 rings (SSSR count). The maximum Gasteiger partial charge on any atom is 0.354 e. The number of aryl methyl sites for hydroxylation is 3. The zero-order valence-corrected chi connectivity index (χ0v) is 12.4. The van der Waals surface area contributed by atoms with Crippen LogP contribution < -0.4 is 5.32 Å². The van der Waals surface area contributed by atoms with E-state index in [-0.39, 0.29) is 24.6 Å². The van der Waals surface area contributed by atoms with E-state index in [0.717, 1.165) is 18.5 Å². The van der Waals surface area contributed by atoms with Gasteiger partial charge in [-0.15, -0.1) is 0 Å². The fourth-order valence-corrected chi connectivity index (χ4v) is 2.05. The maximum atomic E-state index is 11.7. The number of aromatic carboxylic acids is 1. The predicted molar refractivity (Wildman–Crippen MR) is 78.4 cm³/mol. The van der Waals surface area contributed by atoms with Crippen molar-refractivity contribution in [2.45, 2.75) is 32.9 Å². The van der Waals surface area contributed by atoms with E-state index in [2.05, 4.69) is 15.5 Å². The Morgan fingerprint density at radius 2 is 2.14 bits per heavy atom. The van der Waals surface area contributed by atoms with Crippen molar-refractivity contribution in [2.75, 3.05) is 6.54 Å². The maximum absolute atomic E-state index is 11.7. The lowest BCUT2D eigenvalue weighted by Gasteiger charge is -2.07. The van der Waals surface area contributed by atoms with Crippen LogP contribution in [0.3, 0.4) is 0 Å². The van der Waals surface area contributed by atoms with Crippen LogP contribution in [0.1, 0.15) is 28.9 Å². The van der Waals surface area contributed by atoms with Crippen LogP contribution in [0.5, 0.6) is 0 Å². The van der Waals surface area contributed by atoms with Gasteiger partial charge in [0.25, 0.3) is 0 Å². The van der Waals surface area contributed by atoms with Crippen LogP contribution in [0.15, 0.2) is 24.7 Å². The normalized spacial score (nSPS) is 10.6. The number of amides is 1. The average molecular weight is 305 g/mol. The van der Waals surface area contributed by atoms with Crippen molar-refractivity contribution < 1.29 is 14.7 Å². The number of carboxylic acids is 1. The van der Waals surface area contributed by atoms with Crippen LogP contribution in [-0.2, 0) is 17.9 Å². The van der Waals surface area contributed by atoms with Gasteiger partial charge in [0.15, 0.2) is 0 Å². The molecular formula is C14H19N5O3. The lowest BCUT2D eigenvalue weighted by molar-refractivity contribution is -0.121. The molecule has 1 amide bonds. The van der Waals surface area contributed by atoms with E-state index in [1.165, 1.54) is 16.9 Å². The third-order valence-corrected chi connectivity index (χ3v) is 3.13. The van der Waals surface area contributed by atoms with Gasteiger partial charge in [-0.1, -0.05) is 0 Å². The van der Waals surface area contributed by atoms with E-state index in [9.17, 15) is 9.59 Å². The first-order chi connectivity index (χ1) is 10.6. The van der Waals surface area contributed by atoms with Gasteiger partial charge in [0, 0.05) is 31.9 Å². The molecule has 8 nitrogen and oxygen atoms in total. The summed E-state index contributed by atoms with van der Waals surface area (Å²) >= 11 is 0. The number of carboxylic acid groups (broad SMARTS) is 1. The number of nitrogens with zero attached hydrogens (tertiary/aromatic N) is 4. The van der Waals surface area contributed by atoms with Crippen LogP contribution >= 0.6 is 0 Å². The van der Waals surface area contributed by atoms with Crippen LogP contribution in [0, 0.1) is 6.92 Å². The Bertz CT molecular complexity index is 646. The third-order valence-electron chi connectivity index (χ3n) is 3.13. The third kappa shape index (κ3) is 4.44. The zero-order chi connectivity index (χ0) is 15.9. The molecule has 0 aliphatic heterocycles. The summed E-state index contributed by atoms with van der Waals surface area (Å²) in [6.07, 6.45) is 6.14. The SMILES string of the molecule is Cc1cnn(CCCNC(=O)CCn2nccc2C(=O)O)c1. The van der Waals surface area contributed by atoms with Crippen LogP contribution in [0.4, 0.5) is 0 Å². The number of hydrogen-bond acceptors (Lipinski definition) is 4. The average Bonchev–Trinajstić information content (AvgIpc) is 3.10. The molecule has 0 atom stereocenters. The molecule has 0 fully saturated rings. The summed E-state index contributed by atoms with van der Waals surface area (Å²) in [5, 5.41) is 19.8. The molecule has 0 aromatic carbocycles. The molecule has 0 bridgehead atoms. The molecule has 8 heteroatoms. The molecule has 2 aromatic heterocycles. The molecule has 0 saturated heterocycles. The highest BCUT2D eigenvalue weighted by molar-refractivity contribution is 5.85. The molecule has 2 N–H and O–H groups in total. The summed E-state index contributed by atoms with van der Waals surface area (Å²) in [4.78, 5) is 22.6. The van der Waals surface area contributed by atoms with E-state index in [0.29, 0.717) is 6.54 Å². The van der Waals surface area contributed by atoms with Crippen molar-refractivity contribution in [3.05, 3.63) is 35.9 Å². The standard InChI is InChI=1S/C14H19N5O3/c1-11-9-17-18(10-11)7-2-5-15-13(20)4-8-19-12(14(21)22)3-6-16-19/h3,6,9-10H,2,4-5,7-8H2,1H3,(H,15,20)(H,21,22). The smallest absolute Gasteiger partial charge is 0.354 e. The topological polar surface area (TPSA) is 102 Å². The second kappa shape index (κ2) is 7.39. The highest BCUT2D eigenvalue weighted by Crippen LogP contribution is 2.00. The van der Waals surface area contributed by atoms with E-state index in [1.807, 2.05) is 17.8 Å². The van der Waals surface area contributed by atoms with Gasteiger partial charge in [-0.05, 0) is 25.0 Å². The van der Waals surface area contributed by atoms with Crippen molar-refractivity contribution in [3.63, 3.8) is 0 Å². The summed E-state index contributed by atoms with van der Waals surface area (Å²) in [5.41, 5.74) is 1.19. The molecule has 0 radical (unpaired) electrons. The predicted octanol–water partition coefficient (Wildman–Crippen LogP) is 0.683. The first-order valence-corrected chi connectivity index (χ1v) is 7.07. The summed E-state index contributed by atoms with van der Waals surface area (Å²) < 4.78 is 3.15. The van der Waals surface area contributed by atoms with Crippen molar-refractivity contribution in [1.82, 2.24) is 24.9 Å². The fourth-order valence-electron chi connectivity index (χ4n) is 2.05. The molecule has 2 aromatic rings. The minimum atomic E-state index is -1.05. The minimum Gasteiger partial charge on any atom is -0.477 e. The van der Waals surface area contributed by atoms with Crippen molar-refractivity contribution >= 4 is 11.9 Å². The Kier molecular flexibility index (Phi) is 5.29. The molecule has 0 aliphatic carbocycles. The number of nitrogens with one attached hydrogen (secondary N) is 1. The molecule has 0 aliphatic rings. The molecule has 118 valence electrons. The van der Waals surface area contributed by atoms with Gasteiger partial charge in [-0.3, -0.25) is 14.2 Å². The number of carbonyl (C=O) groups excluding carboxylic acids is 1. The first kappa shape index (κ1) is 15.7. The summed E-state index contributed by atoms with van der Waals surface area (Å²) in [7, 11) is 0. The number of carbonyl (C=O) groups is 2. The Labute approximate surface area is 127 Å². The number of hydrogen-bond donors (Lipinski definition) is 2. The van der Waals surface area contributed by atoms with Gasteiger partial charge in [-0.2, -0.15) is 10.2 Å². The summed E-state index contributed by atoms with van der Waals surface area (Å²) in [6, 6.07) is 1.41. The molecule has 0 unspecified atom stereocenters. The molecule has 0 saturated carbocycles. The molecule has 22 heavy (non-hydrogen) atoms. The minimum absolute atomic E-state index is 0.0850. The second-order valence-electron chi connectivity index (χ2n) is 4.98. The summed E-state index contributed by atoms with van der Waals surface area (Å²) in [6.45, 7) is 3.53. The monoisotopic (exact) mass is 305 g/mol. The van der Waals surface area contributed by atoms with Gasteiger partial charge in [0.05, 0.1) is 12.7 Å². The van der Waals surface area contributed by atoms with E-state index < -0.39 is 5.97 Å². The Morgan fingerprint density at radius 1 is 1.32 bits per heavy atom. The van der Waals surface area contributed by atoms with Crippen molar-refractivity contribution in [3.8, 4) is 0 Å². The number of rotatable bonds is 8. The van der Waals surface area contributed by atoms with E-state index >= 15 is 0 Å². The summed E-state index contributed by atoms with van der Waals surface area (Å²) in [5.74, 6) is -1.17. The van der Waals surface area contributed by atoms with Gasteiger partial charge < -0.3 is 10.4 Å². The Morgan fingerprint density at radius 3 is 2.82 bits per heavy atom. The number of aromatic nitrogens is 4. The van der Waals surface area contributed by atoms with Crippen molar-refractivity contribution in [2.24, 2.45) is 0 Å². The van der Waals surface area contributed by atoms with Gasteiger partial charge >= 0.3 is 5.97 Å². The Balaban J connectivity index is 1.65. The Hall–Kier alpha value is -2.64.